The normalized spacial score (nSPS) is 15.7. The number of benzene rings is 1. The summed E-state index contributed by atoms with van der Waals surface area (Å²) >= 11 is 0. The number of H-pyrrole nitrogens is 1. The average molecular weight is 306 g/mol. The van der Waals surface area contributed by atoms with Gasteiger partial charge in [0, 0.05) is 30.4 Å². The minimum Gasteiger partial charge on any atom is -0.348 e. The van der Waals surface area contributed by atoms with E-state index in [9.17, 15) is 0 Å². The minimum atomic E-state index is 0.264. The van der Waals surface area contributed by atoms with E-state index in [1.807, 2.05) is 6.20 Å². The number of aryl methyl sites for hydroxylation is 1. The highest BCUT2D eigenvalue weighted by Gasteiger charge is 2.25. The van der Waals surface area contributed by atoms with Gasteiger partial charge in [-0.15, -0.1) is 0 Å². The lowest BCUT2D eigenvalue weighted by molar-refractivity contribution is 0.621. The molecule has 0 spiro atoms. The summed E-state index contributed by atoms with van der Waals surface area (Å²) in [5.41, 5.74) is 6.34. The molecule has 0 aliphatic heterocycles. The molecule has 4 heteroatoms. The predicted octanol–water partition coefficient (Wildman–Crippen LogP) is 3.93. The molecule has 1 N–H and O–H groups in total. The van der Waals surface area contributed by atoms with Gasteiger partial charge in [0.15, 0.2) is 0 Å². The quantitative estimate of drug-likeness (QED) is 0.776. The van der Waals surface area contributed by atoms with Gasteiger partial charge in [0.05, 0.1) is 18.1 Å². The topological polar surface area (TPSA) is 46.5 Å². The molecule has 3 aromatic rings. The van der Waals surface area contributed by atoms with Crippen molar-refractivity contribution in [2.75, 3.05) is 0 Å². The van der Waals surface area contributed by atoms with Gasteiger partial charge in [0.2, 0.25) is 0 Å². The van der Waals surface area contributed by atoms with Crippen molar-refractivity contribution < 1.29 is 0 Å². The summed E-state index contributed by atoms with van der Waals surface area (Å²) in [5.74, 6) is 0.264. The lowest BCUT2D eigenvalue weighted by Crippen LogP contribution is -2.09. The van der Waals surface area contributed by atoms with Crippen molar-refractivity contribution in [1.82, 2.24) is 19.7 Å². The van der Waals surface area contributed by atoms with E-state index in [2.05, 4.69) is 59.0 Å². The molecule has 0 radical (unpaired) electrons. The summed E-state index contributed by atoms with van der Waals surface area (Å²) in [6.07, 6.45) is 9.25. The van der Waals surface area contributed by atoms with Gasteiger partial charge in [-0.05, 0) is 49.4 Å². The van der Waals surface area contributed by atoms with Crippen molar-refractivity contribution in [1.29, 1.82) is 0 Å². The first-order valence-electron chi connectivity index (χ1n) is 8.31. The monoisotopic (exact) mass is 306 g/mol. The Morgan fingerprint density at radius 2 is 2.13 bits per heavy atom. The van der Waals surface area contributed by atoms with Gasteiger partial charge in [0.1, 0.15) is 0 Å². The van der Waals surface area contributed by atoms with Gasteiger partial charge >= 0.3 is 0 Å². The van der Waals surface area contributed by atoms with Gasteiger partial charge in [0.25, 0.3) is 0 Å². The van der Waals surface area contributed by atoms with Crippen LogP contribution < -0.4 is 0 Å². The number of nitrogens with one attached hydrogen (secondary N) is 1. The first-order valence-corrected chi connectivity index (χ1v) is 8.31. The molecule has 0 amide bonds. The van der Waals surface area contributed by atoms with Crippen LogP contribution in [0.5, 0.6) is 0 Å². The lowest BCUT2D eigenvalue weighted by atomic mass is 9.87. The van der Waals surface area contributed by atoms with Crippen LogP contribution in [-0.2, 0) is 6.42 Å². The van der Waals surface area contributed by atoms with E-state index in [1.165, 1.54) is 29.5 Å². The van der Waals surface area contributed by atoms with Crippen LogP contribution in [0.1, 0.15) is 52.9 Å². The molecule has 2 heterocycles. The van der Waals surface area contributed by atoms with Crippen LogP contribution in [0, 0.1) is 13.8 Å². The van der Waals surface area contributed by atoms with Gasteiger partial charge < -0.3 is 4.98 Å². The zero-order valence-corrected chi connectivity index (χ0v) is 13.7. The second kappa shape index (κ2) is 5.69. The summed E-state index contributed by atoms with van der Waals surface area (Å²) < 4.78 is 2.13. The van der Waals surface area contributed by atoms with Gasteiger partial charge in [-0.25, -0.2) is 4.98 Å². The van der Waals surface area contributed by atoms with E-state index in [0.29, 0.717) is 6.04 Å². The van der Waals surface area contributed by atoms with Crippen LogP contribution in [0.4, 0.5) is 0 Å². The maximum atomic E-state index is 4.78. The number of hydrogen-bond donors (Lipinski definition) is 1. The van der Waals surface area contributed by atoms with Crippen LogP contribution in [0.25, 0.3) is 0 Å². The predicted molar refractivity (Wildman–Crippen MR) is 90.5 cm³/mol. The Morgan fingerprint density at radius 1 is 1.26 bits per heavy atom. The summed E-state index contributed by atoms with van der Waals surface area (Å²) in [7, 11) is 0. The number of rotatable bonds is 5. The van der Waals surface area contributed by atoms with Crippen LogP contribution >= 0.6 is 0 Å². The molecular weight excluding hydrogens is 284 g/mol. The molecule has 4 rings (SSSR count). The number of nitrogens with zero attached hydrogens (tertiary/aromatic N) is 3. The molecule has 1 aliphatic carbocycles. The Bertz CT molecular complexity index is 797. The molecular formula is C19H22N4. The number of aromatic nitrogens is 4. The Morgan fingerprint density at radius 3 is 2.87 bits per heavy atom. The van der Waals surface area contributed by atoms with E-state index in [0.717, 1.165) is 17.8 Å². The second-order valence-electron chi connectivity index (χ2n) is 6.57. The van der Waals surface area contributed by atoms with Crippen molar-refractivity contribution in [3.05, 3.63) is 71.1 Å². The van der Waals surface area contributed by atoms with E-state index in [1.54, 1.807) is 6.33 Å². The second-order valence-corrected chi connectivity index (χ2v) is 6.57. The highest BCUT2D eigenvalue weighted by molar-refractivity contribution is 5.40. The van der Waals surface area contributed by atoms with Crippen LogP contribution in [-0.4, -0.2) is 19.7 Å². The highest BCUT2D eigenvalue weighted by atomic mass is 15.3. The number of imidazole rings is 1. The molecule has 1 aromatic carbocycles. The third-order valence-electron chi connectivity index (χ3n) is 4.91. The van der Waals surface area contributed by atoms with E-state index in [-0.39, 0.29) is 5.92 Å². The fraction of sp³-hybridized carbons (Fsp3) is 0.368. The maximum Gasteiger partial charge on any atom is 0.0921 e. The number of hydrogen-bond acceptors (Lipinski definition) is 2. The fourth-order valence-electron chi connectivity index (χ4n) is 3.23. The summed E-state index contributed by atoms with van der Waals surface area (Å²) in [4.78, 5) is 7.52. The standard InChI is InChI=1S/C19H22N4/c1-13-4-3-5-17(14(13)2)18(19-11-20-12-21-19)10-15-8-9-23(22-15)16-6-7-16/h3-5,8-9,11-12,16,18H,6-7,10H2,1-2H3,(H,20,21)/t18-/m0/s1. The average Bonchev–Trinajstić information content (AvgIpc) is 3.07. The molecule has 0 bridgehead atoms. The minimum absolute atomic E-state index is 0.264. The van der Waals surface area contributed by atoms with Crippen molar-refractivity contribution >= 4 is 0 Å². The molecule has 1 aliphatic rings. The SMILES string of the molecule is Cc1cccc([C@H](Cc2ccn(C3CC3)n2)c2cnc[nH]2)c1C. The molecule has 118 valence electrons. The fourth-order valence-corrected chi connectivity index (χ4v) is 3.23. The van der Waals surface area contributed by atoms with Gasteiger partial charge in [-0.2, -0.15) is 5.10 Å². The molecule has 1 saturated carbocycles. The largest absolute Gasteiger partial charge is 0.348 e. The van der Waals surface area contributed by atoms with E-state index < -0.39 is 0 Å². The van der Waals surface area contributed by atoms with E-state index >= 15 is 0 Å². The van der Waals surface area contributed by atoms with Crippen LogP contribution in [0.15, 0.2) is 43.0 Å². The van der Waals surface area contributed by atoms with Crippen LogP contribution in [0.2, 0.25) is 0 Å². The Labute approximate surface area is 136 Å². The zero-order valence-electron chi connectivity index (χ0n) is 13.7. The Balaban J connectivity index is 1.69. The zero-order chi connectivity index (χ0) is 15.8. The van der Waals surface area contributed by atoms with E-state index in [4.69, 9.17) is 5.10 Å². The van der Waals surface area contributed by atoms with Crippen molar-refractivity contribution in [3.63, 3.8) is 0 Å². The Kier molecular flexibility index (Phi) is 3.52. The highest BCUT2D eigenvalue weighted by Crippen LogP contribution is 2.35. The van der Waals surface area contributed by atoms with Gasteiger partial charge in [-0.3, -0.25) is 4.68 Å². The first-order chi connectivity index (χ1) is 11.2. The molecule has 1 fully saturated rings. The lowest BCUT2D eigenvalue weighted by Gasteiger charge is -2.18. The third kappa shape index (κ3) is 2.81. The molecule has 4 nitrogen and oxygen atoms in total. The smallest absolute Gasteiger partial charge is 0.0921 e. The molecule has 2 aromatic heterocycles. The molecule has 0 unspecified atom stereocenters. The summed E-state index contributed by atoms with van der Waals surface area (Å²) in [5, 5.41) is 4.78. The third-order valence-corrected chi connectivity index (χ3v) is 4.91. The summed E-state index contributed by atoms with van der Waals surface area (Å²) in [6, 6.07) is 9.34. The molecule has 1 atom stereocenters. The first kappa shape index (κ1) is 14.2. The van der Waals surface area contributed by atoms with Crippen molar-refractivity contribution in [2.24, 2.45) is 0 Å². The summed E-state index contributed by atoms with van der Waals surface area (Å²) in [6.45, 7) is 4.38. The molecule has 23 heavy (non-hydrogen) atoms. The van der Waals surface area contributed by atoms with Crippen LogP contribution in [0.3, 0.4) is 0 Å². The Hall–Kier alpha value is -2.36. The number of aromatic amines is 1. The van der Waals surface area contributed by atoms with Crippen molar-refractivity contribution in [2.45, 2.75) is 45.1 Å². The maximum absolute atomic E-state index is 4.78. The van der Waals surface area contributed by atoms with Crippen molar-refractivity contribution in [3.8, 4) is 0 Å². The van der Waals surface area contributed by atoms with Gasteiger partial charge in [-0.1, -0.05) is 18.2 Å². The molecule has 0 saturated heterocycles.